The lowest BCUT2D eigenvalue weighted by molar-refractivity contribution is -0.137. The lowest BCUT2D eigenvalue weighted by Crippen LogP contribution is -2.28. The Hall–Kier alpha value is -1.03. The first kappa shape index (κ1) is 14.4. The van der Waals surface area contributed by atoms with Gasteiger partial charge < -0.3 is 5.73 Å². The summed E-state index contributed by atoms with van der Waals surface area (Å²) in [5, 5.41) is 0. The SMILES string of the molecule is NC(CCc1ccc(C(F)(F)F)cc1)C1CCCC1. The van der Waals surface area contributed by atoms with E-state index in [2.05, 4.69) is 0 Å². The van der Waals surface area contributed by atoms with Gasteiger partial charge in [-0.3, -0.25) is 0 Å². The number of hydrogen-bond acceptors (Lipinski definition) is 1. The molecule has 1 aromatic carbocycles. The van der Waals surface area contributed by atoms with Crippen molar-refractivity contribution in [2.24, 2.45) is 11.7 Å². The van der Waals surface area contributed by atoms with Crippen LogP contribution in [0.4, 0.5) is 13.2 Å². The number of aryl methyl sites for hydroxylation is 1. The second-order valence-corrected chi connectivity index (χ2v) is 5.44. The minimum absolute atomic E-state index is 0.185. The molecule has 0 aliphatic heterocycles. The highest BCUT2D eigenvalue weighted by Gasteiger charge is 2.30. The van der Waals surface area contributed by atoms with Crippen LogP contribution >= 0.6 is 0 Å². The van der Waals surface area contributed by atoms with Gasteiger partial charge in [-0.2, -0.15) is 13.2 Å². The molecule has 0 saturated heterocycles. The van der Waals surface area contributed by atoms with Gasteiger partial charge in [0.05, 0.1) is 5.56 Å². The Bertz CT molecular complexity index is 391. The molecule has 1 aromatic rings. The third-order valence-electron chi connectivity index (χ3n) is 4.05. The van der Waals surface area contributed by atoms with Crippen LogP contribution in [0.15, 0.2) is 24.3 Å². The first-order valence-corrected chi connectivity index (χ1v) is 6.88. The first-order valence-electron chi connectivity index (χ1n) is 6.88. The Morgan fingerprint density at radius 3 is 2.21 bits per heavy atom. The summed E-state index contributed by atoms with van der Waals surface area (Å²) in [7, 11) is 0. The van der Waals surface area contributed by atoms with Gasteiger partial charge >= 0.3 is 6.18 Å². The lowest BCUT2D eigenvalue weighted by atomic mass is 9.93. The molecule has 1 unspecified atom stereocenters. The highest BCUT2D eigenvalue weighted by atomic mass is 19.4. The van der Waals surface area contributed by atoms with Gasteiger partial charge in [0.1, 0.15) is 0 Å². The molecule has 1 fully saturated rings. The Kier molecular flexibility index (Phi) is 4.50. The second kappa shape index (κ2) is 5.95. The van der Waals surface area contributed by atoms with Crippen LogP contribution in [-0.2, 0) is 12.6 Å². The van der Waals surface area contributed by atoms with Crippen molar-refractivity contribution in [1.82, 2.24) is 0 Å². The maximum Gasteiger partial charge on any atom is 0.416 e. The molecule has 1 aliphatic carbocycles. The summed E-state index contributed by atoms with van der Waals surface area (Å²) < 4.78 is 37.3. The topological polar surface area (TPSA) is 26.0 Å². The van der Waals surface area contributed by atoms with Gasteiger partial charge in [-0.05, 0) is 49.3 Å². The summed E-state index contributed by atoms with van der Waals surface area (Å²) in [6.45, 7) is 0. The van der Waals surface area contributed by atoms with Gasteiger partial charge in [0.25, 0.3) is 0 Å². The molecule has 1 nitrogen and oxygen atoms in total. The molecule has 0 radical (unpaired) electrons. The van der Waals surface area contributed by atoms with Crippen molar-refractivity contribution in [2.45, 2.75) is 50.7 Å². The molecule has 0 aromatic heterocycles. The van der Waals surface area contributed by atoms with Crippen molar-refractivity contribution in [3.63, 3.8) is 0 Å². The third-order valence-corrected chi connectivity index (χ3v) is 4.05. The zero-order valence-electron chi connectivity index (χ0n) is 10.9. The lowest BCUT2D eigenvalue weighted by Gasteiger charge is -2.18. The summed E-state index contributed by atoms with van der Waals surface area (Å²) >= 11 is 0. The minimum Gasteiger partial charge on any atom is -0.327 e. The molecular weight excluding hydrogens is 251 g/mol. The molecule has 19 heavy (non-hydrogen) atoms. The maximum atomic E-state index is 12.4. The summed E-state index contributed by atoms with van der Waals surface area (Å²) in [6, 6.07) is 5.60. The van der Waals surface area contributed by atoms with Crippen molar-refractivity contribution in [1.29, 1.82) is 0 Å². The van der Waals surface area contributed by atoms with Crippen molar-refractivity contribution in [2.75, 3.05) is 0 Å². The highest BCUT2D eigenvalue weighted by Crippen LogP contribution is 2.30. The molecule has 1 saturated carbocycles. The number of nitrogens with two attached hydrogens (primary N) is 1. The molecule has 106 valence electrons. The third kappa shape index (κ3) is 3.96. The second-order valence-electron chi connectivity index (χ2n) is 5.44. The van der Waals surface area contributed by atoms with E-state index in [1.165, 1.54) is 25.7 Å². The van der Waals surface area contributed by atoms with Gasteiger partial charge in [0.2, 0.25) is 0 Å². The number of halogens is 3. The van der Waals surface area contributed by atoms with E-state index in [0.717, 1.165) is 30.5 Å². The van der Waals surface area contributed by atoms with Crippen LogP contribution in [0.3, 0.4) is 0 Å². The molecule has 1 aliphatic rings. The van der Waals surface area contributed by atoms with Gasteiger partial charge in [0, 0.05) is 6.04 Å². The van der Waals surface area contributed by atoms with Crippen LogP contribution < -0.4 is 5.73 Å². The highest BCUT2D eigenvalue weighted by molar-refractivity contribution is 5.24. The Labute approximate surface area is 112 Å². The normalized spacial score (nSPS) is 18.7. The number of rotatable bonds is 4. The Balaban J connectivity index is 1.86. The van der Waals surface area contributed by atoms with E-state index < -0.39 is 11.7 Å². The van der Waals surface area contributed by atoms with Gasteiger partial charge in [-0.15, -0.1) is 0 Å². The maximum absolute atomic E-state index is 12.4. The Morgan fingerprint density at radius 2 is 1.68 bits per heavy atom. The molecule has 1 atom stereocenters. The fourth-order valence-electron chi connectivity index (χ4n) is 2.81. The van der Waals surface area contributed by atoms with E-state index >= 15 is 0 Å². The van der Waals surface area contributed by atoms with Gasteiger partial charge in [-0.25, -0.2) is 0 Å². The van der Waals surface area contributed by atoms with Crippen LogP contribution in [0.1, 0.15) is 43.2 Å². The van der Waals surface area contributed by atoms with E-state index in [9.17, 15) is 13.2 Å². The van der Waals surface area contributed by atoms with E-state index in [1.807, 2.05) is 0 Å². The number of alkyl halides is 3. The molecule has 0 amide bonds. The Morgan fingerprint density at radius 1 is 1.11 bits per heavy atom. The van der Waals surface area contributed by atoms with Gasteiger partial charge in [0.15, 0.2) is 0 Å². The average molecular weight is 271 g/mol. The number of hydrogen-bond donors (Lipinski definition) is 1. The summed E-state index contributed by atoms with van der Waals surface area (Å²) in [6.07, 6.45) is 2.30. The standard InChI is InChI=1S/C15H20F3N/c16-15(17,18)13-8-5-11(6-9-13)7-10-14(19)12-3-1-2-4-12/h5-6,8-9,12,14H,1-4,7,10,19H2. The number of benzene rings is 1. The predicted octanol–water partition coefficient (Wildman–Crippen LogP) is 4.16. The van der Waals surface area contributed by atoms with Crippen LogP contribution in [0.2, 0.25) is 0 Å². The van der Waals surface area contributed by atoms with E-state index in [0.29, 0.717) is 5.92 Å². The smallest absolute Gasteiger partial charge is 0.327 e. The minimum atomic E-state index is -4.25. The average Bonchev–Trinajstić information content (AvgIpc) is 2.89. The van der Waals surface area contributed by atoms with Crippen LogP contribution in [0.25, 0.3) is 0 Å². The zero-order valence-corrected chi connectivity index (χ0v) is 10.9. The fourth-order valence-corrected chi connectivity index (χ4v) is 2.81. The van der Waals surface area contributed by atoms with E-state index in [-0.39, 0.29) is 6.04 Å². The van der Waals surface area contributed by atoms with E-state index in [4.69, 9.17) is 5.73 Å². The predicted molar refractivity (Wildman–Crippen MR) is 69.7 cm³/mol. The van der Waals surface area contributed by atoms with Gasteiger partial charge in [-0.1, -0.05) is 25.0 Å². The molecule has 0 heterocycles. The van der Waals surface area contributed by atoms with Crippen molar-refractivity contribution in [3.8, 4) is 0 Å². The van der Waals surface area contributed by atoms with Crippen molar-refractivity contribution >= 4 is 0 Å². The van der Waals surface area contributed by atoms with Crippen LogP contribution in [0.5, 0.6) is 0 Å². The fraction of sp³-hybridized carbons (Fsp3) is 0.600. The molecule has 4 heteroatoms. The summed E-state index contributed by atoms with van der Waals surface area (Å²) in [5.74, 6) is 0.606. The molecule has 2 N–H and O–H groups in total. The zero-order chi connectivity index (χ0) is 13.9. The van der Waals surface area contributed by atoms with Crippen LogP contribution in [-0.4, -0.2) is 6.04 Å². The molecular formula is C15H20F3N. The van der Waals surface area contributed by atoms with Crippen LogP contribution in [0, 0.1) is 5.92 Å². The largest absolute Gasteiger partial charge is 0.416 e. The van der Waals surface area contributed by atoms with Crippen molar-refractivity contribution in [3.05, 3.63) is 35.4 Å². The molecule has 0 bridgehead atoms. The first-order chi connectivity index (χ1) is 8.97. The summed E-state index contributed by atoms with van der Waals surface area (Å²) in [5.41, 5.74) is 6.49. The van der Waals surface area contributed by atoms with E-state index in [1.54, 1.807) is 12.1 Å². The molecule has 2 rings (SSSR count). The monoisotopic (exact) mass is 271 g/mol. The summed E-state index contributed by atoms with van der Waals surface area (Å²) in [4.78, 5) is 0. The molecule has 0 spiro atoms. The quantitative estimate of drug-likeness (QED) is 0.874. The van der Waals surface area contributed by atoms with Crippen molar-refractivity contribution < 1.29 is 13.2 Å².